The second-order valence-corrected chi connectivity index (χ2v) is 8.49. The summed E-state index contributed by atoms with van der Waals surface area (Å²) in [6, 6.07) is 5.86. The van der Waals surface area contributed by atoms with Crippen LogP contribution in [0.4, 0.5) is 20.3 Å². The highest BCUT2D eigenvalue weighted by molar-refractivity contribution is 7.89. The molecule has 1 aliphatic rings. The Labute approximate surface area is 168 Å². The van der Waals surface area contributed by atoms with Gasteiger partial charge in [0.15, 0.2) is 11.6 Å². The number of anilines is 2. The van der Waals surface area contributed by atoms with E-state index in [-0.39, 0.29) is 13.0 Å². The Morgan fingerprint density at radius 2 is 1.83 bits per heavy atom. The molecule has 0 atom stereocenters. The molecule has 1 aliphatic heterocycles. The van der Waals surface area contributed by atoms with Gasteiger partial charge in [0.1, 0.15) is 5.82 Å². The molecule has 2 N–H and O–H groups in total. The molecular formula is C19H22F2N4O3S. The minimum atomic E-state index is -4.04. The number of hydrogen-bond acceptors (Lipinski definition) is 5. The standard InChI is InChI=1S/C19H22F2N4O3S/c20-16-6-5-15(12-17(16)21)29(27,28)23-9-8-19(26)24-18-7-4-14(13-22-18)25-10-2-1-3-11-25/h4-7,12-13,23H,1-3,8-11H2,(H,22,24,26). The first-order valence-corrected chi connectivity index (χ1v) is 10.8. The highest BCUT2D eigenvalue weighted by Crippen LogP contribution is 2.20. The third-order valence-corrected chi connectivity index (χ3v) is 6.04. The molecule has 0 aliphatic carbocycles. The largest absolute Gasteiger partial charge is 0.370 e. The Hall–Kier alpha value is -2.59. The van der Waals surface area contributed by atoms with Crippen LogP contribution in [0.3, 0.4) is 0 Å². The number of benzene rings is 1. The van der Waals surface area contributed by atoms with Crippen molar-refractivity contribution in [2.45, 2.75) is 30.6 Å². The van der Waals surface area contributed by atoms with E-state index < -0.39 is 32.5 Å². The van der Waals surface area contributed by atoms with Crippen LogP contribution < -0.4 is 14.9 Å². The average Bonchev–Trinajstić information content (AvgIpc) is 2.71. The lowest BCUT2D eigenvalue weighted by Gasteiger charge is -2.28. The molecule has 1 saturated heterocycles. The van der Waals surface area contributed by atoms with Gasteiger partial charge in [0.05, 0.1) is 16.8 Å². The Morgan fingerprint density at radius 1 is 1.07 bits per heavy atom. The Morgan fingerprint density at radius 3 is 2.48 bits per heavy atom. The Balaban J connectivity index is 1.48. The second-order valence-electron chi connectivity index (χ2n) is 6.72. The number of hydrogen-bond donors (Lipinski definition) is 2. The van der Waals surface area contributed by atoms with Crippen molar-refractivity contribution in [3.8, 4) is 0 Å². The SMILES string of the molecule is O=C(CCNS(=O)(=O)c1ccc(F)c(F)c1)Nc1ccc(N2CCCCC2)cn1. The van der Waals surface area contributed by atoms with Crippen molar-refractivity contribution in [1.29, 1.82) is 0 Å². The second kappa shape index (κ2) is 9.27. The van der Waals surface area contributed by atoms with Crippen LogP contribution in [0.2, 0.25) is 0 Å². The number of aromatic nitrogens is 1. The van der Waals surface area contributed by atoms with Crippen LogP contribution in [0.1, 0.15) is 25.7 Å². The third-order valence-electron chi connectivity index (χ3n) is 4.58. The van der Waals surface area contributed by atoms with Gasteiger partial charge >= 0.3 is 0 Å². The van der Waals surface area contributed by atoms with Crippen LogP contribution in [-0.2, 0) is 14.8 Å². The Kier molecular flexibility index (Phi) is 6.75. The fourth-order valence-corrected chi connectivity index (χ4v) is 4.07. The molecule has 0 radical (unpaired) electrons. The minimum absolute atomic E-state index is 0.140. The summed E-state index contributed by atoms with van der Waals surface area (Å²) in [6.07, 6.45) is 5.10. The van der Waals surface area contributed by atoms with Crippen molar-refractivity contribution in [3.05, 3.63) is 48.2 Å². The minimum Gasteiger partial charge on any atom is -0.370 e. The first-order valence-electron chi connectivity index (χ1n) is 9.31. The lowest BCUT2D eigenvalue weighted by molar-refractivity contribution is -0.116. The molecule has 3 rings (SSSR count). The molecule has 29 heavy (non-hydrogen) atoms. The zero-order chi connectivity index (χ0) is 20.9. The van der Waals surface area contributed by atoms with E-state index in [0.29, 0.717) is 11.9 Å². The third kappa shape index (κ3) is 5.70. The molecule has 156 valence electrons. The van der Waals surface area contributed by atoms with Crippen molar-refractivity contribution in [3.63, 3.8) is 0 Å². The lowest BCUT2D eigenvalue weighted by Crippen LogP contribution is -2.29. The number of carbonyl (C=O) groups excluding carboxylic acids is 1. The zero-order valence-corrected chi connectivity index (χ0v) is 16.5. The molecule has 0 unspecified atom stereocenters. The molecule has 2 aromatic rings. The van der Waals surface area contributed by atoms with E-state index in [1.54, 1.807) is 12.3 Å². The smallest absolute Gasteiger partial charge is 0.240 e. The normalized spacial score (nSPS) is 14.6. The number of sulfonamides is 1. The molecular weight excluding hydrogens is 402 g/mol. The topological polar surface area (TPSA) is 91.4 Å². The summed E-state index contributed by atoms with van der Waals surface area (Å²) in [5, 5.41) is 2.60. The average molecular weight is 424 g/mol. The summed E-state index contributed by atoms with van der Waals surface area (Å²) < 4.78 is 52.5. The predicted molar refractivity (Wildman–Crippen MR) is 105 cm³/mol. The van der Waals surface area contributed by atoms with Gasteiger partial charge in [-0.1, -0.05) is 0 Å². The van der Waals surface area contributed by atoms with Crippen molar-refractivity contribution in [2.75, 3.05) is 29.9 Å². The van der Waals surface area contributed by atoms with Crippen molar-refractivity contribution in [1.82, 2.24) is 9.71 Å². The molecule has 0 saturated carbocycles. The summed E-state index contributed by atoms with van der Waals surface area (Å²) >= 11 is 0. The van der Waals surface area contributed by atoms with E-state index in [9.17, 15) is 22.0 Å². The lowest BCUT2D eigenvalue weighted by atomic mass is 10.1. The quantitative estimate of drug-likeness (QED) is 0.713. The number of amides is 1. The van der Waals surface area contributed by atoms with Crippen LogP contribution in [0.15, 0.2) is 41.4 Å². The van der Waals surface area contributed by atoms with Crippen molar-refractivity contribution >= 4 is 27.4 Å². The number of rotatable bonds is 7. The molecule has 10 heteroatoms. The molecule has 1 aromatic heterocycles. The van der Waals surface area contributed by atoms with Gasteiger partial charge in [0.2, 0.25) is 15.9 Å². The first-order chi connectivity index (χ1) is 13.8. The zero-order valence-electron chi connectivity index (χ0n) is 15.7. The molecule has 7 nitrogen and oxygen atoms in total. The number of carbonyl (C=O) groups is 1. The maximum atomic E-state index is 13.2. The number of halogens is 2. The van der Waals surface area contributed by atoms with E-state index in [0.717, 1.165) is 43.8 Å². The first kappa shape index (κ1) is 21.1. The molecule has 1 fully saturated rings. The van der Waals surface area contributed by atoms with E-state index in [4.69, 9.17) is 0 Å². The van der Waals surface area contributed by atoms with Gasteiger partial charge < -0.3 is 10.2 Å². The number of nitrogens with zero attached hydrogens (tertiary/aromatic N) is 2. The summed E-state index contributed by atoms with van der Waals surface area (Å²) in [7, 11) is -4.04. The van der Waals surface area contributed by atoms with Gasteiger partial charge in [-0.05, 0) is 49.6 Å². The predicted octanol–water partition coefficient (Wildman–Crippen LogP) is 2.66. The van der Waals surface area contributed by atoms with Crippen LogP contribution >= 0.6 is 0 Å². The van der Waals surface area contributed by atoms with Gasteiger partial charge in [0.25, 0.3) is 0 Å². The van der Waals surface area contributed by atoms with Gasteiger partial charge in [-0.15, -0.1) is 0 Å². The molecule has 1 aromatic carbocycles. The molecule has 0 spiro atoms. The van der Waals surface area contributed by atoms with Crippen molar-refractivity contribution in [2.24, 2.45) is 0 Å². The van der Waals surface area contributed by atoms with Gasteiger partial charge in [-0.3, -0.25) is 4.79 Å². The monoisotopic (exact) mass is 424 g/mol. The van der Waals surface area contributed by atoms with Crippen LogP contribution in [0.25, 0.3) is 0 Å². The summed E-state index contributed by atoms with van der Waals surface area (Å²) in [6.45, 7) is 1.79. The van der Waals surface area contributed by atoms with E-state index in [1.807, 2.05) is 6.07 Å². The number of nitrogens with one attached hydrogen (secondary N) is 2. The van der Waals surface area contributed by atoms with E-state index in [2.05, 4.69) is 19.9 Å². The summed E-state index contributed by atoms with van der Waals surface area (Å²) in [4.78, 5) is 18.1. The fraction of sp³-hybridized carbons (Fsp3) is 0.368. The maximum absolute atomic E-state index is 13.2. The highest BCUT2D eigenvalue weighted by atomic mass is 32.2. The summed E-state index contributed by atoms with van der Waals surface area (Å²) in [5.74, 6) is -2.44. The van der Waals surface area contributed by atoms with Crippen LogP contribution in [0, 0.1) is 11.6 Å². The van der Waals surface area contributed by atoms with Gasteiger partial charge in [-0.25, -0.2) is 26.9 Å². The fourth-order valence-electron chi connectivity index (χ4n) is 3.03. The van der Waals surface area contributed by atoms with Crippen molar-refractivity contribution < 1.29 is 22.0 Å². The molecule has 0 bridgehead atoms. The molecule has 2 heterocycles. The van der Waals surface area contributed by atoms with E-state index in [1.165, 1.54) is 6.42 Å². The van der Waals surface area contributed by atoms with E-state index >= 15 is 0 Å². The van der Waals surface area contributed by atoms with Gasteiger partial charge in [0, 0.05) is 26.1 Å². The van der Waals surface area contributed by atoms with Crippen LogP contribution in [0.5, 0.6) is 0 Å². The maximum Gasteiger partial charge on any atom is 0.240 e. The summed E-state index contributed by atoms with van der Waals surface area (Å²) in [5.41, 5.74) is 1.00. The number of piperidine rings is 1. The van der Waals surface area contributed by atoms with Crippen LogP contribution in [-0.4, -0.2) is 38.9 Å². The molecule has 1 amide bonds. The Bertz CT molecular complexity index is 962. The number of pyridine rings is 1. The van der Waals surface area contributed by atoms with Gasteiger partial charge in [-0.2, -0.15) is 0 Å². The highest BCUT2D eigenvalue weighted by Gasteiger charge is 2.17.